The van der Waals surface area contributed by atoms with Crippen LogP contribution in [0.4, 0.5) is 0 Å². The van der Waals surface area contributed by atoms with Crippen molar-refractivity contribution >= 4 is 18.6 Å². The Kier molecular flexibility index (Phi) is 4.48. The lowest BCUT2D eigenvalue weighted by Gasteiger charge is -2.38. The molecule has 0 amide bonds. The van der Waals surface area contributed by atoms with Crippen molar-refractivity contribution in [3.8, 4) is 0 Å². The molecular formula is C17H24O2S. The number of esters is 1. The first kappa shape index (κ1) is 15.4. The van der Waals surface area contributed by atoms with Crippen molar-refractivity contribution in [1.82, 2.24) is 0 Å². The van der Waals surface area contributed by atoms with Gasteiger partial charge in [0.25, 0.3) is 0 Å². The summed E-state index contributed by atoms with van der Waals surface area (Å²) in [5.41, 5.74) is 1.83. The molecule has 2 atom stereocenters. The Bertz CT molecular complexity index is 508. The summed E-state index contributed by atoms with van der Waals surface area (Å²) >= 11 is 4.30. The van der Waals surface area contributed by atoms with Crippen LogP contribution in [0.1, 0.15) is 56.0 Å². The van der Waals surface area contributed by atoms with Gasteiger partial charge in [0.2, 0.25) is 0 Å². The summed E-state index contributed by atoms with van der Waals surface area (Å²) in [5.74, 6) is 0.391. The molecule has 0 heterocycles. The van der Waals surface area contributed by atoms with Crippen LogP contribution in [0.15, 0.2) is 23.1 Å². The molecule has 1 saturated carbocycles. The summed E-state index contributed by atoms with van der Waals surface area (Å²) in [4.78, 5) is 13.1. The van der Waals surface area contributed by atoms with Gasteiger partial charge in [-0.05, 0) is 55.2 Å². The number of hydrogen-bond donors (Lipinski definition) is 1. The summed E-state index contributed by atoms with van der Waals surface area (Å²) in [6.07, 6.45) is 3.15. The molecule has 1 fully saturated rings. The Morgan fingerprint density at radius 2 is 2.05 bits per heavy atom. The predicted molar refractivity (Wildman–Crippen MR) is 84.4 cm³/mol. The molecule has 1 aliphatic carbocycles. The third kappa shape index (κ3) is 3.78. The number of aryl methyl sites for hydroxylation is 1. The quantitative estimate of drug-likeness (QED) is 0.634. The minimum absolute atomic E-state index is 0.0317. The second kappa shape index (κ2) is 5.80. The van der Waals surface area contributed by atoms with Crippen molar-refractivity contribution in [2.24, 2.45) is 11.3 Å². The van der Waals surface area contributed by atoms with Crippen LogP contribution < -0.4 is 0 Å². The van der Waals surface area contributed by atoms with E-state index in [0.29, 0.717) is 11.5 Å². The first-order valence-electron chi connectivity index (χ1n) is 7.27. The van der Waals surface area contributed by atoms with Crippen molar-refractivity contribution in [1.29, 1.82) is 0 Å². The zero-order chi connectivity index (χ0) is 14.9. The molecule has 1 aromatic rings. The third-order valence-corrected chi connectivity index (χ3v) is 4.34. The Labute approximate surface area is 127 Å². The van der Waals surface area contributed by atoms with Crippen LogP contribution in [0, 0.1) is 18.3 Å². The normalized spacial score (nSPS) is 25.2. The molecule has 0 spiro atoms. The third-order valence-electron chi connectivity index (χ3n) is 4.06. The topological polar surface area (TPSA) is 26.3 Å². The Hall–Kier alpha value is -0.960. The van der Waals surface area contributed by atoms with Crippen molar-refractivity contribution in [3.05, 3.63) is 29.3 Å². The minimum atomic E-state index is -0.215. The standard InChI is InChI=1S/C17H24O2S/c1-11-7-13(10-17(3,4)9-11)19-16(18)15-8-14(20)6-5-12(15)2/h5-6,8,11,13,20H,7,9-10H2,1-4H3. The maximum Gasteiger partial charge on any atom is 0.338 e. The monoisotopic (exact) mass is 292 g/mol. The molecule has 0 aromatic heterocycles. The highest BCUT2D eigenvalue weighted by molar-refractivity contribution is 7.80. The van der Waals surface area contributed by atoms with Gasteiger partial charge in [-0.3, -0.25) is 0 Å². The molecule has 3 heteroatoms. The van der Waals surface area contributed by atoms with E-state index in [1.54, 1.807) is 6.07 Å². The van der Waals surface area contributed by atoms with Crippen LogP contribution in [-0.2, 0) is 4.74 Å². The number of rotatable bonds is 2. The fraction of sp³-hybridized carbons (Fsp3) is 0.588. The van der Waals surface area contributed by atoms with E-state index >= 15 is 0 Å². The SMILES string of the molecule is Cc1ccc(S)cc1C(=O)OC1CC(C)CC(C)(C)C1. The maximum absolute atomic E-state index is 12.3. The van der Waals surface area contributed by atoms with Gasteiger partial charge in [-0.15, -0.1) is 12.6 Å². The number of hydrogen-bond acceptors (Lipinski definition) is 3. The van der Waals surface area contributed by atoms with Gasteiger partial charge in [0.05, 0.1) is 5.56 Å². The van der Waals surface area contributed by atoms with E-state index in [1.807, 2.05) is 19.1 Å². The largest absolute Gasteiger partial charge is 0.459 e. The molecule has 0 aliphatic heterocycles. The van der Waals surface area contributed by atoms with Crippen molar-refractivity contribution in [2.45, 2.75) is 58.0 Å². The fourth-order valence-corrected chi connectivity index (χ4v) is 3.60. The fourth-order valence-electron chi connectivity index (χ4n) is 3.39. The van der Waals surface area contributed by atoms with Gasteiger partial charge in [-0.2, -0.15) is 0 Å². The Morgan fingerprint density at radius 1 is 1.35 bits per heavy atom. The molecule has 0 bridgehead atoms. The lowest BCUT2D eigenvalue weighted by molar-refractivity contribution is -0.00722. The van der Waals surface area contributed by atoms with Gasteiger partial charge in [0, 0.05) is 4.90 Å². The number of thiol groups is 1. The van der Waals surface area contributed by atoms with Gasteiger partial charge in [0.1, 0.15) is 6.10 Å². The average Bonchev–Trinajstić information content (AvgIpc) is 2.29. The minimum Gasteiger partial charge on any atom is -0.459 e. The van der Waals surface area contributed by atoms with Crippen LogP contribution in [-0.4, -0.2) is 12.1 Å². The van der Waals surface area contributed by atoms with Gasteiger partial charge in [0.15, 0.2) is 0 Å². The Morgan fingerprint density at radius 3 is 2.70 bits per heavy atom. The highest BCUT2D eigenvalue weighted by Gasteiger charge is 2.34. The molecule has 0 saturated heterocycles. The molecule has 2 nitrogen and oxygen atoms in total. The number of ether oxygens (including phenoxy) is 1. The number of benzene rings is 1. The van der Waals surface area contributed by atoms with Crippen molar-refractivity contribution < 1.29 is 9.53 Å². The van der Waals surface area contributed by atoms with Crippen LogP contribution in [0.3, 0.4) is 0 Å². The molecule has 2 rings (SSSR count). The summed E-state index contributed by atoms with van der Waals surface area (Å²) in [5, 5.41) is 0. The van der Waals surface area contributed by atoms with E-state index in [9.17, 15) is 4.79 Å². The van der Waals surface area contributed by atoms with E-state index in [4.69, 9.17) is 4.74 Å². The first-order chi connectivity index (χ1) is 9.27. The molecule has 0 N–H and O–H groups in total. The van der Waals surface area contributed by atoms with Crippen molar-refractivity contribution in [3.63, 3.8) is 0 Å². The number of carbonyl (C=O) groups excluding carboxylic acids is 1. The zero-order valence-corrected chi connectivity index (χ0v) is 13.7. The molecular weight excluding hydrogens is 268 g/mol. The van der Waals surface area contributed by atoms with Gasteiger partial charge in [-0.1, -0.05) is 26.8 Å². The highest BCUT2D eigenvalue weighted by Crippen LogP contribution is 2.40. The average molecular weight is 292 g/mol. The molecule has 110 valence electrons. The van der Waals surface area contributed by atoms with Crippen LogP contribution >= 0.6 is 12.6 Å². The smallest absolute Gasteiger partial charge is 0.338 e. The molecule has 1 aliphatic rings. The van der Waals surface area contributed by atoms with E-state index in [2.05, 4.69) is 33.4 Å². The van der Waals surface area contributed by atoms with E-state index in [0.717, 1.165) is 23.3 Å². The summed E-state index contributed by atoms with van der Waals surface area (Å²) in [6.45, 7) is 8.67. The second-order valence-electron chi connectivity index (χ2n) is 6.94. The molecule has 1 aromatic carbocycles. The lowest BCUT2D eigenvalue weighted by atomic mass is 9.71. The Balaban J connectivity index is 2.09. The van der Waals surface area contributed by atoms with Gasteiger partial charge in [-0.25, -0.2) is 4.79 Å². The molecule has 2 unspecified atom stereocenters. The zero-order valence-electron chi connectivity index (χ0n) is 12.8. The van der Waals surface area contributed by atoms with Gasteiger partial charge < -0.3 is 4.74 Å². The molecule has 0 radical (unpaired) electrons. The van der Waals surface area contributed by atoms with Crippen LogP contribution in [0.2, 0.25) is 0 Å². The first-order valence-corrected chi connectivity index (χ1v) is 7.72. The highest BCUT2D eigenvalue weighted by atomic mass is 32.1. The van der Waals surface area contributed by atoms with E-state index in [-0.39, 0.29) is 17.5 Å². The maximum atomic E-state index is 12.3. The van der Waals surface area contributed by atoms with E-state index in [1.165, 1.54) is 6.42 Å². The second-order valence-corrected chi connectivity index (χ2v) is 7.46. The summed E-state index contributed by atoms with van der Waals surface area (Å²) in [6, 6.07) is 5.59. The predicted octanol–water partition coefficient (Wildman–Crippen LogP) is 4.66. The summed E-state index contributed by atoms with van der Waals surface area (Å²) in [7, 11) is 0. The summed E-state index contributed by atoms with van der Waals surface area (Å²) < 4.78 is 5.75. The van der Waals surface area contributed by atoms with Crippen molar-refractivity contribution in [2.75, 3.05) is 0 Å². The van der Waals surface area contributed by atoms with E-state index < -0.39 is 0 Å². The van der Waals surface area contributed by atoms with Crippen LogP contribution in [0.25, 0.3) is 0 Å². The van der Waals surface area contributed by atoms with Gasteiger partial charge >= 0.3 is 5.97 Å². The number of carbonyl (C=O) groups is 1. The lowest BCUT2D eigenvalue weighted by Crippen LogP contribution is -2.34. The van der Waals surface area contributed by atoms with Crippen LogP contribution in [0.5, 0.6) is 0 Å². The molecule has 20 heavy (non-hydrogen) atoms.